The van der Waals surface area contributed by atoms with Crippen LogP contribution in [0.4, 0.5) is 9.18 Å². The summed E-state index contributed by atoms with van der Waals surface area (Å²) in [6.07, 6.45) is 5.77. The fourth-order valence-electron chi connectivity index (χ4n) is 4.26. The van der Waals surface area contributed by atoms with E-state index in [2.05, 4.69) is 16.7 Å². The number of aryl methyl sites for hydroxylation is 1. The molecule has 0 aliphatic carbocycles. The van der Waals surface area contributed by atoms with Gasteiger partial charge in [-0.2, -0.15) is 0 Å². The highest BCUT2D eigenvalue weighted by atomic mass is 19.1. The molecule has 2 saturated heterocycles. The first kappa shape index (κ1) is 23.7. The van der Waals surface area contributed by atoms with Gasteiger partial charge in [0, 0.05) is 38.2 Å². The molecule has 2 amide bonds. The Labute approximate surface area is 199 Å². The number of hydrogen-bond acceptors (Lipinski definition) is 5. The van der Waals surface area contributed by atoms with Crippen molar-refractivity contribution >= 4 is 11.7 Å². The lowest BCUT2D eigenvalue weighted by atomic mass is 10.0. The summed E-state index contributed by atoms with van der Waals surface area (Å²) < 4.78 is 24.7. The molecule has 2 aliphatic rings. The standard InChI is InChI=1S/C26H31FN4O3/c1-4-24(33-17-22-19(3)34-29-25(22)20-8-10-21(27)11-9-20)28-23-12-15-31(16-18(23)2)26(32)30-13-6-5-7-14-30/h4,8-11H,2,5-7,12-17H2,1,3H3/b24-4+,28-23?. The minimum atomic E-state index is -0.308. The average molecular weight is 467 g/mol. The summed E-state index contributed by atoms with van der Waals surface area (Å²) in [5.74, 6) is 0.798. The van der Waals surface area contributed by atoms with Gasteiger partial charge in [0.2, 0.25) is 5.88 Å². The number of carbonyl (C=O) groups excluding carboxylic acids is 1. The van der Waals surface area contributed by atoms with Crippen LogP contribution in [-0.2, 0) is 11.3 Å². The number of ether oxygens (including phenoxy) is 1. The molecule has 4 rings (SSSR count). The average Bonchev–Trinajstić information content (AvgIpc) is 3.23. The molecule has 0 unspecified atom stereocenters. The van der Waals surface area contributed by atoms with Crippen LogP contribution in [0.3, 0.4) is 0 Å². The van der Waals surface area contributed by atoms with Crippen molar-refractivity contribution in [3.63, 3.8) is 0 Å². The number of piperidine rings is 2. The first-order valence-electron chi connectivity index (χ1n) is 11.8. The van der Waals surface area contributed by atoms with Crippen LogP contribution in [0.5, 0.6) is 0 Å². The van der Waals surface area contributed by atoms with E-state index >= 15 is 0 Å². The van der Waals surface area contributed by atoms with Crippen molar-refractivity contribution in [1.29, 1.82) is 0 Å². The Morgan fingerprint density at radius 1 is 1.21 bits per heavy atom. The van der Waals surface area contributed by atoms with E-state index in [1.165, 1.54) is 18.6 Å². The Bertz CT molecular complexity index is 1100. The summed E-state index contributed by atoms with van der Waals surface area (Å²) >= 11 is 0. The second kappa shape index (κ2) is 10.7. The molecule has 0 saturated carbocycles. The summed E-state index contributed by atoms with van der Waals surface area (Å²) in [6, 6.07) is 6.20. The van der Waals surface area contributed by atoms with Crippen LogP contribution in [0, 0.1) is 12.7 Å². The number of rotatable bonds is 5. The van der Waals surface area contributed by atoms with Crippen LogP contribution in [0.25, 0.3) is 11.3 Å². The summed E-state index contributed by atoms with van der Waals surface area (Å²) in [5.41, 5.74) is 3.83. The Hall–Kier alpha value is -3.42. The number of halogens is 1. The molecular weight excluding hydrogens is 435 g/mol. The Kier molecular flexibility index (Phi) is 7.45. The summed E-state index contributed by atoms with van der Waals surface area (Å²) in [5, 5.41) is 4.12. The predicted molar refractivity (Wildman–Crippen MR) is 129 cm³/mol. The zero-order valence-electron chi connectivity index (χ0n) is 19.8. The lowest BCUT2D eigenvalue weighted by Crippen LogP contribution is -2.49. The minimum Gasteiger partial charge on any atom is -0.473 e. The number of hydrogen-bond donors (Lipinski definition) is 0. The van der Waals surface area contributed by atoms with Crippen molar-refractivity contribution in [3.8, 4) is 11.3 Å². The molecule has 0 N–H and O–H groups in total. The predicted octanol–water partition coefficient (Wildman–Crippen LogP) is 5.48. The van der Waals surface area contributed by atoms with Gasteiger partial charge >= 0.3 is 6.03 Å². The smallest absolute Gasteiger partial charge is 0.320 e. The number of allylic oxidation sites excluding steroid dienone is 1. The van der Waals surface area contributed by atoms with Crippen LogP contribution in [0.1, 0.15) is 43.9 Å². The van der Waals surface area contributed by atoms with Crippen LogP contribution in [0.15, 0.2) is 57.9 Å². The van der Waals surface area contributed by atoms with E-state index in [-0.39, 0.29) is 18.5 Å². The van der Waals surface area contributed by atoms with Gasteiger partial charge < -0.3 is 19.1 Å². The molecule has 0 radical (unpaired) electrons. The van der Waals surface area contributed by atoms with Gasteiger partial charge in [0.15, 0.2) is 0 Å². The molecule has 7 nitrogen and oxygen atoms in total. The number of aliphatic imine (C=N–C) groups is 1. The number of benzene rings is 1. The van der Waals surface area contributed by atoms with E-state index in [0.29, 0.717) is 36.8 Å². The van der Waals surface area contributed by atoms with Gasteiger partial charge in [0.05, 0.1) is 11.3 Å². The molecule has 2 fully saturated rings. The van der Waals surface area contributed by atoms with Crippen molar-refractivity contribution in [2.45, 2.75) is 46.1 Å². The van der Waals surface area contributed by atoms with Gasteiger partial charge in [0.1, 0.15) is 23.9 Å². The van der Waals surface area contributed by atoms with E-state index in [9.17, 15) is 9.18 Å². The number of carbonyl (C=O) groups is 1. The lowest BCUT2D eigenvalue weighted by Gasteiger charge is -2.36. The highest BCUT2D eigenvalue weighted by Gasteiger charge is 2.27. The monoisotopic (exact) mass is 466 g/mol. The maximum atomic E-state index is 13.3. The van der Waals surface area contributed by atoms with Crippen molar-refractivity contribution in [2.24, 2.45) is 4.99 Å². The number of nitrogens with zero attached hydrogens (tertiary/aromatic N) is 4. The van der Waals surface area contributed by atoms with E-state index in [0.717, 1.165) is 48.3 Å². The van der Waals surface area contributed by atoms with E-state index in [1.807, 2.05) is 23.6 Å². The maximum absolute atomic E-state index is 13.3. The van der Waals surface area contributed by atoms with E-state index < -0.39 is 0 Å². The fourth-order valence-corrected chi connectivity index (χ4v) is 4.26. The Morgan fingerprint density at radius 2 is 1.94 bits per heavy atom. The van der Waals surface area contributed by atoms with Gasteiger partial charge in [-0.15, -0.1) is 0 Å². The molecule has 1 aromatic carbocycles. The van der Waals surface area contributed by atoms with Gasteiger partial charge in [-0.25, -0.2) is 14.2 Å². The fraction of sp³-hybridized carbons (Fsp3) is 0.423. The third-order valence-corrected chi connectivity index (χ3v) is 6.26. The normalized spacial score (nSPS) is 18.5. The second-order valence-corrected chi connectivity index (χ2v) is 8.65. The van der Waals surface area contributed by atoms with Crippen molar-refractivity contribution < 1.29 is 18.4 Å². The summed E-state index contributed by atoms with van der Waals surface area (Å²) in [4.78, 5) is 21.3. The van der Waals surface area contributed by atoms with Gasteiger partial charge in [0.25, 0.3) is 0 Å². The third kappa shape index (κ3) is 5.38. The SMILES string of the molecule is C=C1CN(C(=O)N2CCCCC2)CCC1=N/C(=C\C)OCc1c(-c2ccc(F)cc2)noc1C. The Morgan fingerprint density at radius 3 is 2.62 bits per heavy atom. The lowest BCUT2D eigenvalue weighted by molar-refractivity contribution is 0.147. The zero-order valence-corrected chi connectivity index (χ0v) is 19.8. The number of amides is 2. The molecule has 2 aromatic rings. The van der Waals surface area contributed by atoms with Gasteiger partial charge in [-0.3, -0.25) is 0 Å². The molecule has 2 aliphatic heterocycles. The summed E-state index contributed by atoms with van der Waals surface area (Å²) in [7, 11) is 0. The largest absolute Gasteiger partial charge is 0.473 e. The maximum Gasteiger partial charge on any atom is 0.320 e. The second-order valence-electron chi connectivity index (χ2n) is 8.65. The number of likely N-dealkylation sites (tertiary alicyclic amines) is 2. The van der Waals surface area contributed by atoms with Crippen molar-refractivity contribution in [3.05, 3.63) is 65.5 Å². The van der Waals surface area contributed by atoms with Crippen LogP contribution in [-0.4, -0.2) is 52.9 Å². The minimum absolute atomic E-state index is 0.0960. The van der Waals surface area contributed by atoms with Gasteiger partial charge in [-0.1, -0.05) is 11.7 Å². The molecule has 0 spiro atoms. The Balaban J connectivity index is 1.39. The molecule has 0 bridgehead atoms. The van der Waals surface area contributed by atoms with Crippen molar-refractivity contribution in [1.82, 2.24) is 15.0 Å². The molecule has 8 heteroatoms. The van der Waals surface area contributed by atoms with Crippen LogP contribution >= 0.6 is 0 Å². The zero-order chi connectivity index (χ0) is 24.1. The molecular formula is C26H31FN4O3. The highest BCUT2D eigenvalue weighted by Crippen LogP contribution is 2.27. The topological polar surface area (TPSA) is 71.2 Å². The quantitative estimate of drug-likeness (QED) is 0.548. The number of urea groups is 1. The molecule has 0 atom stereocenters. The third-order valence-electron chi connectivity index (χ3n) is 6.26. The molecule has 1 aromatic heterocycles. The van der Waals surface area contributed by atoms with Crippen LogP contribution < -0.4 is 0 Å². The van der Waals surface area contributed by atoms with Crippen LogP contribution in [0.2, 0.25) is 0 Å². The molecule has 180 valence electrons. The first-order chi connectivity index (χ1) is 16.5. The highest BCUT2D eigenvalue weighted by molar-refractivity contribution is 6.02. The molecule has 3 heterocycles. The number of aromatic nitrogens is 1. The van der Waals surface area contributed by atoms with Gasteiger partial charge in [-0.05, 0) is 69.0 Å². The van der Waals surface area contributed by atoms with E-state index in [1.54, 1.807) is 18.2 Å². The summed E-state index contributed by atoms with van der Waals surface area (Å²) in [6.45, 7) is 10.8. The first-order valence-corrected chi connectivity index (χ1v) is 11.8. The van der Waals surface area contributed by atoms with Crippen molar-refractivity contribution in [2.75, 3.05) is 26.2 Å². The molecule has 34 heavy (non-hydrogen) atoms. The van der Waals surface area contributed by atoms with E-state index in [4.69, 9.17) is 9.26 Å².